The molecule has 0 spiro atoms. The molecule has 0 aromatic heterocycles. The molecule has 104 valence electrons. The molecule has 1 N–H and O–H groups in total. The van der Waals surface area contributed by atoms with E-state index in [4.69, 9.17) is 0 Å². The van der Waals surface area contributed by atoms with Crippen LogP contribution in [0.2, 0.25) is 0 Å². The van der Waals surface area contributed by atoms with Crippen molar-refractivity contribution in [1.29, 1.82) is 0 Å². The fourth-order valence-corrected chi connectivity index (χ4v) is 2.25. The van der Waals surface area contributed by atoms with Gasteiger partial charge in [-0.25, -0.2) is 0 Å². The SMILES string of the molecule is CCCCCCCC[N+](C)(C)c1ccccc1.[OH-]. The molecule has 0 bridgehead atoms. The van der Waals surface area contributed by atoms with Crippen LogP contribution >= 0.6 is 0 Å². The lowest BCUT2D eigenvalue weighted by molar-refractivity contribution is 0.381. The van der Waals surface area contributed by atoms with E-state index in [2.05, 4.69) is 51.4 Å². The molecule has 2 nitrogen and oxygen atoms in total. The predicted octanol–water partition coefficient (Wildman–Crippen LogP) is 4.44. The van der Waals surface area contributed by atoms with Crippen molar-refractivity contribution in [3.8, 4) is 0 Å². The molecule has 0 saturated heterocycles. The van der Waals surface area contributed by atoms with Gasteiger partial charge < -0.3 is 5.48 Å². The smallest absolute Gasteiger partial charge is 0.132 e. The van der Waals surface area contributed by atoms with Gasteiger partial charge in [0, 0.05) is 0 Å². The van der Waals surface area contributed by atoms with E-state index in [1.807, 2.05) is 0 Å². The van der Waals surface area contributed by atoms with Crippen LogP contribution in [-0.4, -0.2) is 26.1 Å². The molecule has 18 heavy (non-hydrogen) atoms. The van der Waals surface area contributed by atoms with Crippen molar-refractivity contribution in [2.75, 3.05) is 20.6 Å². The third kappa shape index (κ3) is 6.18. The van der Waals surface area contributed by atoms with E-state index in [0.717, 1.165) is 4.48 Å². The Morgan fingerprint density at radius 1 is 0.833 bits per heavy atom. The molecule has 0 radical (unpaired) electrons. The Morgan fingerprint density at radius 3 is 2.00 bits per heavy atom. The minimum Gasteiger partial charge on any atom is -0.870 e. The van der Waals surface area contributed by atoms with E-state index >= 15 is 0 Å². The number of hydrogen-bond donors (Lipinski definition) is 0. The molecule has 1 aromatic rings. The summed E-state index contributed by atoms with van der Waals surface area (Å²) in [6.07, 6.45) is 8.28. The van der Waals surface area contributed by atoms with Gasteiger partial charge in [-0.2, -0.15) is 0 Å². The molecule has 0 atom stereocenters. The summed E-state index contributed by atoms with van der Waals surface area (Å²) in [7, 11) is 4.61. The van der Waals surface area contributed by atoms with Crippen molar-refractivity contribution in [2.45, 2.75) is 45.4 Å². The molecule has 1 rings (SSSR count). The summed E-state index contributed by atoms with van der Waals surface area (Å²) in [6.45, 7) is 3.52. The number of quaternary nitrogens is 1. The van der Waals surface area contributed by atoms with Crippen molar-refractivity contribution >= 4 is 5.69 Å². The molecule has 0 aliphatic carbocycles. The van der Waals surface area contributed by atoms with Gasteiger partial charge in [-0.05, 0) is 25.0 Å². The molecule has 0 heterocycles. The Kier molecular flexibility index (Phi) is 8.69. The first kappa shape index (κ1) is 17.1. The molecule has 0 unspecified atom stereocenters. The molecule has 2 heteroatoms. The van der Waals surface area contributed by atoms with Gasteiger partial charge in [-0.15, -0.1) is 0 Å². The monoisotopic (exact) mass is 251 g/mol. The number of benzene rings is 1. The Bertz CT molecular complexity index is 295. The standard InChI is InChI=1S/C16H28N.H2O/c1-4-5-6-7-8-12-15-17(2,3)16-13-10-9-11-14-16;/h9-11,13-14H,4-8,12,15H2,1-3H3;1H2/q+1;/p-1. The average Bonchev–Trinajstić information content (AvgIpc) is 2.35. The van der Waals surface area contributed by atoms with Crippen LogP contribution in [0.1, 0.15) is 45.4 Å². The zero-order chi connectivity index (χ0) is 12.6. The Hall–Kier alpha value is -0.860. The van der Waals surface area contributed by atoms with Gasteiger partial charge >= 0.3 is 0 Å². The predicted molar refractivity (Wildman–Crippen MR) is 80.3 cm³/mol. The zero-order valence-electron chi connectivity index (χ0n) is 12.2. The quantitative estimate of drug-likeness (QED) is 0.496. The van der Waals surface area contributed by atoms with E-state index in [1.54, 1.807) is 0 Å². The van der Waals surface area contributed by atoms with Crippen LogP contribution in [0.4, 0.5) is 5.69 Å². The van der Waals surface area contributed by atoms with Gasteiger partial charge in [0.1, 0.15) is 5.69 Å². The lowest BCUT2D eigenvalue weighted by Crippen LogP contribution is -2.41. The maximum absolute atomic E-state index is 2.31. The second kappa shape index (κ2) is 9.12. The van der Waals surface area contributed by atoms with Crippen LogP contribution in [0.25, 0.3) is 0 Å². The van der Waals surface area contributed by atoms with Crippen LogP contribution in [0.5, 0.6) is 0 Å². The van der Waals surface area contributed by atoms with Crippen LogP contribution in [-0.2, 0) is 0 Å². The minimum atomic E-state index is 0. The molecule has 0 saturated carbocycles. The van der Waals surface area contributed by atoms with E-state index in [1.165, 1.54) is 50.8 Å². The fourth-order valence-electron chi connectivity index (χ4n) is 2.25. The number of nitrogens with zero attached hydrogens (tertiary/aromatic N) is 1. The van der Waals surface area contributed by atoms with Gasteiger partial charge in [-0.3, -0.25) is 4.48 Å². The van der Waals surface area contributed by atoms with E-state index in [-0.39, 0.29) is 5.48 Å². The van der Waals surface area contributed by atoms with Crippen molar-refractivity contribution in [1.82, 2.24) is 4.48 Å². The van der Waals surface area contributed by atoms with Crippen LogP contribution in [0.3, 0.4) is 0 Å². The van der Waals surface area contributed by atoms with Gasteiger partial charge in [0.2, 0.25) is 0 Å². The molecule has 0 aliphatic heterocycles. The normalized spacial score (nSPS) is 11.1. The highest BCUT2D eigenvalue weighted by molar-refractivity contribution is 5.40. The maximum atomic E-state index is 2.31. The molecule has 0 amide bonds. The van der Waals surface area contributed by atoms with Crippen LogP contribution < -0.4 is 4.48 Å². The van der Waals surface area contributed by atoms with E-state index < -0.39 is 0 Å². The summed E-state index contributed by atoms with van der Waals surface area (Å²) in [5.41, 5.74) is 1.42. The Balaban J connectivity index is 0.00000289. The molecule has 0 aliphatic rings. The third-order valence-electron chi connectivity index (χ3n) is 3.53. The highest BCUT2D eigenvalue weighted by Crippen LogP contribution is 2.19. The van der Waals surface area contributed by atoms with E-state index in [0.29, 0.717) is 0 Å². The number of unbranched alkanes of at least 4 members (excludes halogenated alkanes) is 5. The minimum absolute atomic E-state index is 0. The summed E-state index contributed by atoms with van der Waals surface area (Å²) < 4.78 is 1.01. The third-order valence-corrected chi connectivity index (χ3v) is 3.53. The first-order valence-electron chi connectivity index (χ1n) is 7.05. The summed E-state index contributed by atoms with van der Waals surface area (Å²) >= 11 is 0. The zero-order valence-corrected chi connectivity index (χ0v) is 12.2. The first-order chi connectivity index (χ1) is 8.17. The average molecular weight is 251 g/mol. The van der Waals surface area contributed by atoms with Gasteiger partial charge in [0.05, 0.1) is 20.6 Å². The summed E-state index contributed by atoms with van der Waals surface area (Å²) in [5.74, 6) is 0. The highest BCUT2D eigenvalue weighted by Gasteiger charge is 2.17. The largest absolute Gasteiger partial charge is 0.870 e. The highest BCUT2D eigenvalue weighted by atomic mass is 16.0. The van der Waals surface area contributed by atoms with Crippen LogP contribution in [0, 0.1) is 0 Å². The molecular formula is C16H29NO. The molecular weight excluding hydrogens is 222 g/mol. The first-order valence-corrected chi connectivity index (χ1v) is 7.05. The van der Waals surface area contributed by atoms with E-state index in [9.17, 15) is 0 Å². The molecule has 1 aromatic carbocycles. The van der Waals surface area contributed by atoms with Gasteiger partial charge in [0.15, 0.2) is 0 Å². The van der Waals surface area contributed by atoms with Gasteiger partial charge in [-0.1, -0.05) is 50.8 Å². The second-order valence-electron chi connectivity index (χ2n) is 5.51. The second-order valence-corrected chi connectivity index (χ2v) is 5.51. The van der Waals surface area contributed by atoms with Gasteiger partial charge in [0.25, 0.3) is 0 Å². The number of rotatable bonds is 8. The van der Waals surface area contributed by atoms with Crippen molar-refractivity contribution in [2.24, 2.45) is 0 Å². The maximum Gasteiger partial charge on any atom is 0.132 e. The summed E-state index contributed by atoms with van der Waals surface area (Å²) in [5, 5.41) is 0. The number of hydrogen-bond acceptors (Lipinski definition) is 1. The molecule has 0 fully saturated rings. The van der Waals surface area contributed by atoms with Crippen LogP contribution in [0.15, 0.2) is 30.3 Å². The van der Waals surface area contributed by atoms with Crippen molar-refractivity contribution < 1.29 is 5.48 Å². The fraction of sp³-hybridized carbons (Fsp3) is 0.625. The van der Waals surface area contributed by atoms with Crippen molar-refractivity contribution in [3.63, 3.8) is 0 Å². The lowest BCUT2D eigenvalue weighted by Gasteiger charge is -2.29. The summed E-state index contributed by atoms with van der Waals surface area (Å²) in [4.78, 5) is 0. The van der Waals surface area contributed by atoms with Crippen molar-refractivity contribution in [3.05, 3.63) is 30.3 Å². The number of para-hydroxylation sites is 1. The topological polar surface area (TPSA) is 30.0 Å². The Morgan fingerprint density at radius 2 is 1.39 bits per heavy atom. The lowest BCUT2D eigenvalue weighted by atomic mass is 10.1. The summed E-state index contributed by atoms with van der Waals surface area (Å²) in [6, 6.07) is 10.8. The Labute approximate surface area is 113 Å².